The second kappa shape index (κ2) is 7.23. The number of benzene rings is 2. The Labute approximate surface area is 153 Å². The number of nitrogens with zero attached hydrogens (tertiary/aromatic N) is 1. The molecular formula is C21H24F2N2O. The van der Waals surface area contributed by atoms with Gasteiger partial charge in [-0.2, -0.15) is 0 Å². The summed E-state index contributed by atoms with van der Waals surface area (Å²) in [5.74, 6) is -0.0453. The van der Waals surface area contributed by atoms with Crippen LogP contribution in [0.2, 0.25) is 0 Å². The Hall–Kier alpha value is -2.14. The van der Waals surface area contributed by atoms with Gasteiger partial charge in [-0.25, -0.2) is 8.78 Å². The fourth-order valence-electron chi connectivity index (χ4n) is 4.27. The number of ether oxygens (including phenoxy) is 1. The third kappa shape index (κ3) is 3.40. The molecule has 2 aromatic carbocycles. The molecule has 1 fully saturated rings. The molecule has 2 atom stereocenters. The lowest BCUT2D eigenvalue weighted by Gasteiger charge is -2.30. The quantitative estimate of drug-likeness (QED) is 0.886. The van der Waals surface area contributed by atoms with Crippen molar-refractivity contribution in [1.29, 1.82) is 0 Å². The molecule has 0 radical (unpaired) electrons. The van der Waals surface area contributed by atoms with Crippen LogP contribution in [0.15, 0.2) is 36.4 Å². The fourth-order valence-corrected chi connectivity index (χ4v) is 4.27. The first-order valence-electron chi connectivity index (χ1n) is 9.27. The Kier molecular flexibility index (Phi) is 4.81. The summed E-state index contributed by atoms with van der Waals surface area (Å²) in [4.78, 5) is 2.32. The van der Waals surface area contributed by atoms with Crippen LogP contribution in [0.3, 0.4) is 0 Å². The van der Waals surface area contributed by atoms with Crippen molar-refractivity contribution in [1.82, 2.24) is 5.32 Å². The van der Waals surface area contributed by atoms with Crippen molar-refractivity contribution in [2.45, 2.75) is 37.8 Å². The Morgan fingerprint density at radius 1 is 1.15 bits per heavy atom. The number of rotatable bonds is 4. The number of halogens is 2. The summed E-state index contributed by atoms with van der Waals surface area (Å²) in [6, 6.07) is 10.8. The van der Waals surface area contributed by atoms with Gasteiger partial charge in [0.2, 0.25) is 0 Å². The molecule has 4 rings (SSSR count). The summed E-state index contributed by atoms with van der Waals surface area (Å²) >= 11 is 0. The van der Waals surface area contributed by atoms with Crippen LogP contribution >= 0.6 is 0 Å². The number of fused-ring (bicyclic) bond motifs is 1. The first-order valence-corrected chi connectivity index (χ1v) is 9.27. The number of hydrogen-bond acceptors (Lipinski definition) is 3. The molecule has 0 bridgehead atoms. The highest BCUT2D eigenvalue weighted by Crippen LogP contribution is 2.34. The summed E-state index contributed by atoms with van der Waals surface area (Å²) < 4.78 is 33.2. The summed E-state index contributed by atoms with van der Waals surface area (Å²) in [6.45, 7) is 1.83. The molecule has 0 saturated carbocycles. The van der Waals surface area contributed by atoms with Gasteiger partial charge in [-0.1, -0.05) is 6.07 Å². The molecule has 3 nitrogen and oxygen atoms in total. The van der Waals surface area contributed by atoms with E-state index in [4.69, 9.17) is 4.74 Å². The van der Waals surface area contributed by atoms with Crippen molar-refractivity contribution < 1.29 is 13.5 Å². The fraction of sp³-hybridized carbons (Fsp3) is 0.429. The lowest BCUT2D eigenvalue weighted by atomic mass is 9.86. The molecule has 0 amide bonds. The van der Waals surface area contributed by atoms with Gasteiger partial charge < -0.3 is 15.0 Å². The maximum Gasteiger partial charge on any atom is 0.131 e. The van der Waals surface area contributed by atoms with Crippen LogP contribution in [0, 0.1) is 11.6 Å². The van der Waals surface area contributed by atoms with E-state index in [9.17, 15) is 8.78 Å². The molecule has 2 aromatic rings. The lowest BCUT2D eigenvalue weighted by Crippen LogP contribution is -2.37. The third-order valence-corrected chi connectivity index (χ3v) is 5.51. The average Bonchev–Trinajstić information content (AvgIpc) is 3.10. The maximum atomic E-state index is 14.4. The van der Waals surface area contributed by atoms with Crippen molar-refractivity contribution in [2.75, 3.05) is 25.1 Å². The zero-order valence-corrected chi connectivity index (χ0v) is 15.0. The molecule has 1 aliphatic carbocycles. The second-order valence-electron chi connectivity index (χ2n) is 7.20. The first-order chi connectivity index (χ1) is 12.6. The highest BCUT2D eigenvalue weighted by molar-refractivity contribution is 5.51. The van der Waals surface area contributed by atoms with Crippen LogP contribution in [0.1, 0.15) is 36.4 Å². The summed E-state index contributed by atoms with van der Waals surface area (Å²) in [5.41, 5.74) is 2.62. The van der Waals surface area contributed by atoms with Crippen LogP contribution < -0.4 is 15.0 Å². The molecule has 0 aromatic heterocycles. The SMILES string of the molecule is COc1cccc(N2CCC(NC3CCCc4cc(F)cc(F)c43)C2)c1. The number of hydrogen-bond donors (Lipinski definition) is 1. The topological polar surface area (TPSA) is 24.5 Å². The van der Waals surface area contributed by atoms with E-state index in [2.05, 4.69) is 16.3 Å². The van der Waals surface area contributed by atoms with E-state index in [1.807, 2.05) is 18.2 Å². The minimum Gasteiger partial charge on any atom is -0.497 e. The molecule has 1 saturated heterocycles. The van der Waals surface area contributed by atoms with Gasteiger partial charge >= 0.3 is 0 Å². The number of nitrogens with one attached hydrogen (secondary N) is 1. The van der Waals surface area contributed by atoms with Gasteiger partial charge in [0, 0.05) is 48.6 Å². The number of aryl methyl sites for hydroxylation is 1. The summed E-state index contributed by atoms with van der Waals surface area (Å²) in [7, 11) is 1.67. The molecule has 2 aliphatic rings. The van der Waals surface area contributed by atoms with Gasteiger partial charge in [0.05, 0.1) is 7.11 Å². The third-order valence-electron chi connectivity index (χ3n) is 5.51. The number of anilines is 1. The second-order valence-corrected chi connectivity index (χ2v) is 7.20. The molecular weight excluding hydrogens is 334 g/mol. The predicted molar refractivity (Wildman–Crippen MR) is 98.8 cm³/mol. The van der Waals surface area contributed by atoms with Crippen molar-refractivity contribution in [2.24, 2.45) is 0 Å². The zero-order valence-electron chi connectivity index (χ0n) is 15.0. The van der Waals surface area contributed by atoms with E-state index in [0.29, 0.717) is 11.6 Å². The minimum absolute atomic E-state index is 0.0328. The van der Waals surface area contributed by atoms with Crippen LogP contribution in [0.4, 0.5) is 14.5 Å². The van der Waals surface area contributed by atoms with Crippen LogP contribution in [0.25, 0.3) is 0 Å². The van der Waals surface area contributed by atoms with Gasteiger partial charge in [-0.15, -0.1) is 0 Å². The van der Waals surface area contributed by atoms with E-state index in [-0.39, 0.29) is 6.04 Å². The van der Waals surface area contributed by atoms with Gasteiger partial charge in [0.15, 0.2) is 0 Å². The van der Waals surface area contributed by atoms with Crippen LogP contribution in [-0.2, 0) is 6.42 Å². The molecule has 0 spiro atoms. The smallest absolute Gasteiger partial charge is 0.131 e. The Morgan fingerprint density at radius 2 is 2.04 bits per heavy atom. The minimum atomic E-state index is -0.480. The van der Waals surface area contributed by atoms with Crippen molar-refractivity contribution in [3.05, 3.63) is 59.2 Å². The van der Waals surface area contributed by atoms with E-state index in [1.54, 1.807) is 7.11 Å². The monoisotopic (exact) mass is 358 g/mol. The summed E-state index contributed by atoms with van der Waals surface area (Å²) in [5, 5.41) is 3.63. The Morgan fingerprint density at radius 3 is 2.88 bits per heavy atom. The van der Waals surface area contributed by atoms with Crippen LogP contribution in [-0.4, -0.2) is 26.2 Å². The highest BCUT2D eigenvalue weighted by atomic mass is 19.1. The molecule has 2 unspecified atom stereocenters. The zero-order chi connectivity index (χ0) is 18.1. The van der Waals surface area contributed by atoms with E-state index in [0.717, 1.165) is 61.8 Å². The maximum absolute atomic E-state index is 14.4. The normalized spacial score (nSPS) is 22.3. The first kappa shape index (κ1) is 17.3. The number of methoxy groups -OCH3 is 1. The van der Waals surface area contributed by atoms with Crippen molar-refractivity contribution >= 4 is 5.69 Å². The molecule has 1 aliphatic heterocycles. The van der Waals surface area contributed by atoms with Gasteiger partial charge in [0.1, 0.15) is 17.4 Å². The standard InChI is InChI=1S/C21H24F2N2O/c1-26-18-6-3-5-17(12-18)25-9-8-16(13-25)24-20-7-2-4-14-10-15(22)11-19(23)21(14)20/h3,5-6,10-12,16,20,24H,2,4,7-9,13H2,1H3. The molecule has 138 valence electrons. The predicted octanol–water partition coefficient (Wildman–Crippen LogP) is 4.22. The Bertz CT molecular complexity index is 796. The highest BCUT2D eigenvalue weighted by Gasteiger charge is 2.30. The van der Waals surface area contributed by atoms with E-state index >= 15 is 0 Å². The van der Waals surface area contributed by atoms with E-state index in [1.165, 1.54) is 6.07 Å². The van der Waals surface area contributed by atoms with Gasteiger partial charge in [0.25, 0.3) is 0 Å². The van der Waals surface area contributed by atoms with Crippen LogP contribution in [0.5, 0.6) is 5.75 Å². The van der Waals surface area contributed by atoms with Crippen molar-refractivity contribution in [3.8, 4) is 5.75 Å². The van der Waals surface area contributed by atoms with E-state index < -0.39 is 11.6 Å². The molecule has 1 heterocycles. The molecule has 26 heavy (non-hydrogen) atoms. The molecule has 1 N–H and O–H groups in total. The average molecular weight is 358 g/mol. The Balaban J connectivity index is 1.47. The lowest BCUT2D eigenvalue weighted by molar-refractivity contribution is 0.392. The molecule has 5 heteroatoms. The summed E-state index contributed by atoms with van der Waals surface area (Å²) in [6.07, 6.45) is 3.61. The largest absolute Gasteiger partial charge is 0.497 e. The van der Waals surface area contributed by atoms with Gasteiger partial charge in [-0.3, -0.25) is 0 Å². The van der Waals surface area contributed by atoms with Gasteiger partial charge in [-0.05, 0) is 49.4 Å². The van der Waals surface area contributed by atoms with Crippen molar-refractivity contribution in [3.63, 3.8) is 0 Å².